The van der Waals surface area contributed by atoms with Crippen molar-refractivity contribution in [3.63, 3.8) is 0 Å². The summed E-state index contributed by atoms with van der Waals surface area (Å²) in [5.41, 5.74) is -0.790. The smallest absolute Gasteiger partial charge is 0.229 e. The Morgan fingerprint density at radius 2 is 1.38 bits per heavy atom. The summed E-state index contributed by atoms with van der Waals surface area (Å²) in [6.07, 6.45) is 0.218. The number of carbonyl (C=O) groups excluding carboxylic acids is 2. The fourth-order valence-corrected chi connectivity index (χ4v) is 2.95. The summed E-state index contributed by atoms with van der Waals surface area (Å²) in [4.78, 5) is 23.6. The monoisotopic (exact) mass is 469 g/mol. The number of hydrogen-bond acceptors (Lipinski definition) is 4. The second kappa shape index (κ2) is 20.3. The van der Waals surface area contributed by atoms with Gasteiger partial charge in [0.25, 0.3) is 0 Å². The third-order valence-corrected chi connectivity index (χ3v) is 4.33. The van der Waals surface area contributed by atoms with E-state index in [1.54, 1.807) is 20.8 Å². The molecule has 1 amide bonds. The van der Waals surface area contributed by atoms with Crippen molar-refractivity contribution >= 4 is 11.9 Å². The van der Waals surface area contributed by atoms with Crippen molar-refractivity contribution in [1.82, 2.24) is 5.32 Å². The molecule has 0 bridgehead atoms. The summed E-state index contributed by atoms with van der Waals surface area (Å²) < 4.78 is 1.11. The van der Waals surface area contributed by atoms with Gasteiger partial charge in [-0.25, -0.2) is 0 Å². The molecular formula is C25H63N3O4. The predicted molar refractivity (Wildman–Crippen MR) is 142 cm³/mol. The zero-order valence-corrected chi connectivity index (χ0v) is 20.3. The van der Waals surface area contributed by atoms with Crippen molar-refractivity contribution in [2.75, 3.05) is 55.0 Å². The fourth-order valence-electron chi connectivity index (χ4n) is 2.95. The minimum absolute atomic E-state index is 0. The lowest BCUT2D eigenvalue weighted by Crippen LogP contribution is -2.56. The molecule has 0 fully saturated rings. The molecule has 2 N–H and O–H groups in total. The van der Waals surface area contributed by atoms with Crippen LogP contribution in [0.5, 0.6) is 0 Å². The average molecular weight is 470 g/mol. The number of aliphatic hydroxyl groups excluding tert-OH is 1. The Hall–Kier alpha value is -1.31. The summed E-state index contributed by atoms with van der Waals surface area (Å²) >= 11 is 0. The van der Waals surface area contributed by atoms with Gasteiger partial charge in [-0.2, -0.15) is 0 Å². The Bertz CT molecular complexity index is 459. The first-order chi connectivity index (χ1) is 11.1. The molecule has 2 unspecified atom stereocenters. The second-order valence-electron chi connectivity index (χ2n) is 9.42. The van der Waals surface area contributed by atoms with Gasteiger partial charge in [-0.05, 0) is 18.8 Å². The highest BCUT2D eigenvalue weighted by Crippen LogP contribution is 2.27. The topological polar surface area (TPSA) is 89.5 Å². The summed E-state index contributed by atoms with van der Waals surface area (Å²) in [6, 6.07) is 0. The van der Waals surface area contributed by atoms with Crippen molar-refractivity contribution in [2.45, 2.75) is 69.4 Å². The van der Waals surface area contributed by atoms with Crippen LogP contribution in [-0.4, -0.2) is 87.0 Å². The molecule has 0 saturated heterocycles. The van der Waals surface area contributed by atoms with Gasteiger partial charge in [0.05, 0.1) is 35.2 Å². The van der Waals surface area contributed by atoms with Gasteiger partial charge < -0.3 is 44.1 Å². The molecule has 0 saturated carbocycles. The lowest BCUT2D eigenvalue weighted by atomic mass is 9.81. The minimum Gasteiger partial charge on any atom is -0.550 e. The average Bonchev–Trinajstić information content (AvgIpc) is 2.38. The number of likely N-dealkylation sites (N-methyl/N-ethyl adjacent to an activating group) is 2. The highest BCUT2D eigenvalue weighted by molar-refractivity contribution is 5.82. The third kappa shape index (κ3) is 21.9. The van der Waals surface area contributed by atoms with E-state index in [2.05, 4.69) is 5.32 Å². The Kier molecular flexibility index (Phi) is 33.3. The van der Waals surface area contributed by atoms with Crippen LogP contribution in [0, 0.1) is 33.6 Å². The molecule has 0 radical (unpaired) electrons. The highest BCUT2D eigenvalue weighted by Gasteiger charge is 2.33. The van der Waals surface area contributed by atoms with E-state index < -0.39 is 23.4 Å². The molecule has 2 atom stereocenters. The molecule has 7 nitrogen and oxygen atoms in total. The van der Waals surface area contributed by atoms with E-state index in [0.717, 1.165) is 0 Å². The van der Waals surface area contributed by atoms with E-state index in [0.29, 0.717) is 35.1 Å². The van der Waals surface area contributed by atoms with Crippen LogP contribution in [-0.2, 0) is 9.59 Å². The van der Waals surface area contributed by atoms with E-state index in [-0.39, 0.29) is 64.3 Å². The maximum Gasteiger partial charge on any atom is 0.229 e. The first kappa shape index (κ1) is 52.5. The predicted octanol–water partition coefficient (Wildman–Crippen LogP) is 3.29. The molecule has 202 valence electrons. The first-order valence-corrected chi connectivity index (χ1v) is 8.89. The van der Waals surface area contributed by atoms with E-state index in [9.17, 15) is 19.8 Å². The van der Waals surface area contributed by atoms with Crippen molar-refractivity contribution < 1.29 is 28.8 Å². The maximum atomic E-state index is 12.5. The van der Waals surface area contributed by atoms with Crippen LogP contribution in [0.3, 0.4) is 0 Å². The number of aliphatic carboxylic acids is 1. The van der Waals surface area contributed by atoms with Gasteiger partial charge in [0.1, 0.15) is 13.1 Å². The van der Waals surface area contributed by atoms with Crippen LogP contribution < -0.4 is 10.4 Å². The molecule has 0 aromatic heterocycles. The molecule has 0 aromatic carbocycles. The zero-order chi connectivity index (χ0) is 20.1. The van der Waals surface area contributed by atoms with E-state index in [4.69, 9.17) is 0 Å². The molecule has 0 aliphatic heterocycles. The van der Waals surface area contributed by atoms with Gasteiger partial charge in [0.15, 0.2) is 12.8 Å². The van der Waals surface area contributed by atoms with Gasteiger partial charge in [0.2, 0.25) is 5.91 Å². The number of hydrogen-bond donors (Lipinski definition) is 2. The lowest BCUT2D eigenvalue weighted by molar-refractivity contribution is -0.908. The van der Waals surface area contributed by atoms with E-state index in [1.165, 1.54) is 0 Å². The van der Waals surface area contributed by atoms with Gasteiger partial charge >= 0.3 is 0 Å². The van der Waals surface area contributed by atoms with Crippen LogP contribution in [0.2, 0.25) is 0 Å². The molecule has 0 aromatic rings. The minimum atomic E-state index is -1.11. The third-order valence-electron chi connectivity index (χ3n) is 4.33. The standard InChI is InChI=1S/C18H37N3O4.4CH4.3CH3/c1-9-14(16(23)24)10-18(2,3)17(25)19-13-21(7,8)12-15(22)11-20(4,5)6;;;;;;;/h14-15,22H,9-13H2,1-8H3;4*1H4;3*1H3/q;;;;;2*-1;+1/p+1. The number of rotatable bonds is 11. The quantitative estimate of drug-likeness (QED) is 0.276. The van der Waals surface area contributed by atoms with Crippen molar-refractivity contribution in [3.8, 4) is 0 Å². The first-order valence-electron chi connectivity index (χ1n) is 8.89. The maximum absolute atomic E-state index is 12.5. The van der Waals surface area contributed by atoms with Gasteiger partial charge in [-0.15, -0.1) is 0 Å². The zero-order valence-electron chi connectivity index (χ0n) is 20.3. The van der Waals surface area contributed by atoms with E-state index >= 15 is 0 Å². The Labute approximate surface area is 204 Å². The van der Waals surface area contributed by atoms with Gasteiger partial charge in [-0.3, -0.25) is 4.79 Å². The SMILES string of the molecule is C.C.C.C.CCC(CC(C)(C)C(=O)NC[N+](C)(C)CC(O)C[N+](C)(C)C)C(=O)[O-].[CH3+].[CH3-].[CH3-]. The normalized spacial score (nSPS) is 12.2. The van der Waals surface area contributed by atoms with Crippen LogP contribution >= 0.6 is 0 Å². The Morgan fingerprint density at radius 1 is 0.969 bits per heavy atom. The number of nitrogens with one attached hydrogen (secondary N) is 1. The number of nitrogens with zero attached hydrogens (tertiary/aromatic N) is 2. The number of carboxylic acids is 1. The van der Waals surface area contributed by atoms with Gasteiger partial charge in [-0.1, -0.05) is 50.5 Å². The van der Waals surface area contributed by atoms with Crippen molar-refractivity contribution in [3.05, 3.63) is 22.3 Å². The van der Waals surface area contributed by atoms with Crippen molar-refractivity contribution in [1.29, 1.82) is 0 Å². The molecular weight excluding hydrogens is 406 g/mol. The summed E-state index contributed by atoms with van der Waals surface area (Å²) in [6.45, 7) is 6.81. The van der Waals surface area contributed by atoms with Gasteiger partial charge in [0, 0.05) is 18.8 Å². The largest absolute Gasteiger partial charge is 0.550 e. The van der Waals surface area contributed by atoms with Crippen molar-refractivity contribution in [2.24, 2.45) is 11.3 Å². The summed E-state index contributed by atoms with van der Waals surface area (Å²) in [5.74, 6) is -1.92. The highest BCUT2D eigenvalue weighted by atomic mass is 16.4. The molecule has 32 heavy (non-hydrogen) atoms. The molecule has 0 aliphatic carbocycles. The fraction of sp³-hybridized carbons (Fsp3) is 0.800. The summed E-state index contributed by atoms with van der Waals surface area (Å²) in [7, 11) is 9.96. The number of aliphatic hydroxyl groups is 1. The number of carboxylic acid groups (broad SMARTS) is 1. The molecule has 0 heterocycles. The van der Waals surface area contributed by atoms with E-state index in [1.807, 2.05) is 35.2 Å². The lowest BCUT2D eigenvalue weighted by Gasteiger charge is -2.35. The van der Waals surface area contributed by atoms with Crippen LogP contribution in [0.25, 0.3) is 0 Å². The van der Waals surface area contributed by atoms with Crippen LogP contribution in [0.1, 0.15) is 63.3 Å². The number of carbonyl (C=O) groups is 2. The number of amides is 1. The van der Waals surface area contributed by atoms with Crippen LogP contribution in [0.15, 0.2) is 0 Å². The molecule has 7 heteroatoms. The molecule has 0 spiro atoms. The van der Waals surface area contributed by atoms with Crippen LogP contribution in [0.4, 0.5) is 0 Å². The Morgan fingerprint density at radius 3 is 1.69 bits per heavy atom. The summed E-state index contributed by atoms with van der Waals surface area (Å²) in [5, 5.41) is 24.3. The Balaban J connectivity index is -0.000000137. The number of quaternary nitrogens is 2. The molecule has 0 aliphatic rings. The second-order valence-corrected chi connectivity index (χ2v) is 9.42. The molecule has 0 rings (SSSR count).